The zero-order valence-corrected chi connectivity index (χ0v) is 23.0. The number of Topliss-reactive ketones (excluding diaryl/α,β-unsaturated/α-hetero) is 1. The first kappa shape index (κ1) is 25.4. The number of allylic oxidation sites excluding steroid dienone is 4. The average molecular weight is 492 g/mol. The van der Waals surface area contributed by atoms with Crippen molar-refractivity contribution in [3.8, 4) is 6.07 Å². The van der Waals surface area contributed by atoms with Crippen LogP contribution in [0.5, 0.6) is 0 Å². The molecule has 0 amide bonds. The Morgan fingerprint density at radius 3 is 2.33 bits per heavy atom. The van der Waals surface area contributed by atoms with Crippen LogP contribution >= 0.6 is 0 Å². The van der Waals surface area contributed by atoms with E-state index in [9.17, 15) is 19.6 Å². The van der Waals surface area contributed by atoms with Crippen molar-refractivity contribution in [1.82, 2.24) is 0 Å². The zero-order chi connectivity index (χ0) is 26.5. The van der Waals surface area contributed by atoms with Gasteiger partial charge in [0.25, 0.3) is 0 Å². The van der Waals surface area contributed by atoms with Crippen molar-refractivity contribution in [2.45, 2.75) is 86.5 Å². The third-order valence-corrected chi connectivity index (χ3v) is 12.1. The van der Waals surface area contributed by atoms with Crippen molar-refractivity contribution in [1.29, 1.82) is 5.26 Å². The molecule has 0 bridgehead atoms. The first-order chi connectivity index (χ1) is 16.7. The van der Waals surface area contributed by atoms with Crippen molar-refractivity contribution in [2.75, 3.05) is 7.11 Å². The molecule has 1 unspecified atom stereocenters. The van der Waals surface area contributed by atoms with Gasteiger partial charge in [0, 0.05) is 17.3 Å². The van der Waals surface area contributed by atoms with E-state index in [4.69, 9.17) is 4.74 Å². The minimum Gasteiger partial charge on any atom is -0.469 e. The third-order valence-electron chi connectivity index (χ3n) is 12.1. The summed E-state index contributed by atoms with van der Waals surface area (Å²) in [7, 11) is 1.48. The second-order valence-electron chi connectivity index (χ2n) is 14.1. The van der Waals surface area contributed by atoms with Crippen LogP contribution in [0.3, 0.4) is 0 Å². The lowest BCUT2D eigenvalue weighted by Crippen LogP contribution is -2.65. The number of ether oxygens (including phenoxy) is 1. The molecule has 0 radical (unpaired) electrons. The summed E-state index contributed by atoms with van der Waals surface area (Å²) in [6.45, 7) is 13.2. The summed E-state index contributed by atoms with van der Waals surface area (Å²) in [6.07, 6.45) is 9.70. The third kappa shape index (κ3) is 2.96. The van der Waals surface area contributed by atoms with Crippen LogP contribution in [-0.2, 0) is 19.1 Å². The summed E-state index contributed by atoms with van der Waals surface area (Å²) in [5.41, 5.74) is -0.249. The maximum Gasteiger partial charge on any atom is 0.312 e. The van der Waals surface area contributed by atoms with Crippen molar-refractivity contribution >= 4 is 17.5 Å². The second kappa shape index (κ2) is 7.65. The van der Waals surface area contributed by atoms with Gasteiger partial charge >= 0.3 is 5.97 Å². The van der Waals surface area contributed by atoms with Crippen LogP contribution < -0.4 is 0 Å². The maximum atomic E-state index is 14.3. The van der Waals surface area contributed by atoms with E-state index in [0.29, 0.717) is 0 Å². The highest BCUT2D eigenvalue weighted by atomic mass is 16.5. The number of carbonyl (C=O) groups is 3. The fourth-order valence-corrected chi connectivity index (χ4v) is 9.81. The van der Waals surface area contributed by atoms with Crippen LogP contribution in [-0.4, -0.2) is 24.6 Å². The molecule has 0 N–H and O–H groups in total. The number of hydrogen-bond donors (Lipinski definition) is 0. The Morgan fingerprint density at radius 2 is 1.69 bits per heavy atom. The van der Waals surface area contributed by atoms with Gasteiger partial charge < -0.3 is 4.74 Å². The molecular formula is C31H41NO4. The van der Waals surface area contributed by atoms with Gasteiger partial charge in [0.15, 0.2) is 11.6 Å². The molecule has 0 saturated heterocycles. The Morgan fingerprint density at radius 1 is 1.03 bits per heavy atom. The Labute approximate surface area is 215 Å². The lowest BCUT2D eigenvalue weighted by atomic mass is 9.35. The van der Waals surface area contributed by atoms with Gasteiger partial charge in [-0.05, 0) is 79.1 Å². The Bertz CT molecular complexity index is 1160. The SMILES string of the molecule is COC(=O)[C@]12CCC(C)(C)C[C@H]1[C@H]1C(=O)C=C3[C@@]4(C)C=C(C#N)C(=O)[C@H](C)C4CC[C@@]3(C)[C@]1(C)CC2. The van der Waals surface area contributed by atoms with Crippen molar-refractivity contribution in [3.05, 3.63) is 23.3 Å². The molecule has 0 aromatic heterocycles. The number of nitrogens with zero attached hydrogens (tertiary/aromatic N) is 1. The van der Waals surface area contributed by atoms with E-state index < -0.39 is 10.8 Å². The topological polar surface area (TPSA) is 84.2 Å². The van der Waals surface area contributed by atoms with Crippen molar-refractivity contribution in [2.24, 2.45) is 50.7 Å². The molecule has 194 valence electrons. The van der Waals surface area contributed by atoms with Gasteiger partial charge in [0.1, 0.15) is 6.07 Å². The van der Waals surface area contributed by atoms with Gasteiger partial charge in [-0.2, -0.15) is 5.26 Å². The van der Waals surface area contributed by atoms with E-state index in [2.05, 4.69) is 40.7 Å². The Hall–Kier alpha value is -2.22. The lowest BCUT2D eigenvalue weighted by Gasteiger charge is -2.68. The van der Waals surface area contributed by atoms with Crippen LogP contribution in [0.15, 0.2) is 23.3 Å². The Balaban J connectivity index is 1.69. The predicted octanol–water partition coefficient (Wildman–Crippen LogP) is 5.99. The van der Waals surface area contributed by atoms with Gasteiger partial charge in [-0.25, -0.2) is 0 Å². The number of fused-ring (bicyclic) bond motifs is 7. The number of ketones is 2. The highest BCUT2D eigenvalue weighted by Crippen LogP contribution is 2.73. The minimum atomic E-state index is -0.591. The standard InChI is InChI=1S/C31H41NO4/c1-18-20-8-9-29(5)23(28(20,4)15-19(17-32)25(18)34)14-22(33)24-21-16-27(2,3)10-12-31(21,26(35)36-7)13-11-30(24,29)6/h14-15,18,20-21,24H,8-13,16H2,1-7H3/t18-,20?,21+,24+,28+,29-,30-,31+/m1/s1. The van der Waals surface area contributed by atoms with Crippen LogP contribution in [0.2, 0.25) is 0 Å². The number of methoxy groups -OCH3 is 1. The molecule has 0 aromatic carbocycles. The van der Waals surface area contributed by atoms with Crippen LogP contribution in [0.25, 0.3) is 0 Å². The number of esters is 1. The van der Waals surface area contributed by atoms with Gasteiger partial charge in [-0.3, -0.25) is 14.4 Å². The van der Waals surface area contributed by atoms with Gasteiger partial charge in [-0.15, -0.1) is 0 Å². The minimum absolute atomic E-state index is 0.0443. The van der Waals surface area contributed by atoms with E-state index in [1.165, 1.54) is 7.11 Å². The van der Waals surface area contributed by atoms with Gasteiger partial charge in [0.05, 0.1) is 18.1 Å². The Kier molecular flexibility index (Phi) is 5.40. The molecule has 0 spiro atoms. The average Bonchev–Trinajstić information content (AvgIpc) is 2.82. The second-order valence-corrected chi connectivity index (χ2v) is 14.1. The molecule has 3 fully saturated rings. The zero-order valence-electron chi connectivity index (χ0n) is 23.0. The van der Waals surface area contributed by atoms with E-state index >= 15 is 0 Å². The smallest absolute Gasteiger partial charge is 0.312 e. The number of carbonyl (C=O) groups excluding carboxylic acids is 3. The number of hydrogen-bond acceptors (Lipinski definition) is 5. The number of rotatable bonds is 1. The molecule has 5 aliphatic rings. The highest BCUT2D eigenvalue weighted by Gasteiger charge is 2.70. The van der Waals surface area contributed by atoms with E-state index in [-0.39, 0.29) is 63.0 Å². The summed E-state index contributed by atoms with van der Waals surface area (Å²) >= 11 is 0. The molecule has 36 heavy (non-hydrogen) atoms. The molecular weight excluding hydrogens is 450 g/mol. The molecule has 5 nitrogen and oxygen atoms in total. The van der Waals surface area contributed by atoms with Crippen LogP contribution in [0.4, 0.5) is 0 Å². The highest BCUT2D eigenvalue weighted by molar-refractivity contribution is 6.02. The fourth-order valence-electron chi connectivity index (χ4n) is 9.81. The quantitative estimate of drug-likeness (QED) is 0.421. The summed E-state index contributed by atoms with van der Waals surface area (Å²) in [6, 6.07) is 2.15. The van der Waals surface area contributed by atoms with Gasteiger partial charge in [-0.1, -0.05) is 53.2 Å². The summed E-state index contributed by atoms with van der Waals surface area (Å²) in [5, 5.41) is 9.75. The van der Waals surface area contributed by atoms with E-state index in [0.717, 1.165) is 50.5 Å². The van der Waals surface area contributed by atoms with E-state index in [1.807, 2.05) is 19.1 Å². The van der Waals surface area contributed by atoms with Gasteiger partial charge in [0.2, 0.25) is 0 Å². The molecule has 5 rings (SSSR count). The molecule has 0 aromatic rings. The van der Waals surface area contributed by atoms with Crippen molar-refractivity contribution < 1.29 is 19.1 Å². The summed E-state index contributed by atoms with van der Waals surface area (Å²) in [4.78, 5) is 40.5. The van der Waals surface area contributed by atoms with Crippen LogP contribution in [0, 0.1) is 62.1 Å². The largest absolute Gasteiger partial charge is 0.469 e. The fraction of sp³-hybridized carbons (Fsp3) is 0.742. The molecule has 8 atom stereocenters. The summed E-state index contributed by atoms with van der Waals surface area (Å²) in [5.74, 6) is -0.522. The summed E-state index contributed by atoms with van der Waals surface area (Å²) < 4.78 is 5.39. The molecule has 5 aliphatic carbocycles. The number of nitriles is 1. The van der Waals surface area contributed by atoms with Crippen molar-refractivity contribution in [3.63, 3.8) is 0 Å². The predicted molar refractivity (Wildman–Crippen MR) is 136 cm³/mol. The first-order valence-electron chi connectivity index (χ1n) is 13.7. The molecule has 0 aliphatic heterocycles. The molecule has 0 heterocycles. The molecule has 3 saturated carbocycles. The molecule has 5 heteroatoms. The normalized spacial score (nSPS) is 47.2. The monoisotopic (exact) mass is 491 g/mol. The maximum absolute atomic E-state index is 14.3. The lowest BCUT2D eigenvalue weighted by molar-refractivity contribution is -0.190. The first-order valence-corrected chi connectivity index (χ1v) is 13.7. The van der Waals surface area contributed by atoms with Crippen LogP contribution in [0.1, 0.15) is 86.5 Å². The van der Waals surface area contributed by atoms with E-state index in [1.54, 1.807) is 0 Å².